The van der Waals surface area contributed by atoms with Crippen molar-refractivity contribution in [3.8, 4) is 12.1 Å². The molecule has 2 rings (SSSR count). The predicted octanol–water partition coefficient (Wildman–Crippen LogP) is 4.35. The van der Waals surface area contributed by atoms with Crippen LogP contribution >= 0.6 is 0 Å². The molecule has 3 unspecified atom stereocenters. The van der Waals surface area contributed by atoms with Gasteiger partial charge in [0.25, 0.3) is 0 Å². The van der Waals surface area contributed by atoms with Crippen LogP contribution in [0.3, 0.4) is 0 Å². The number of nitrogens with two attached hydrogens (primary N) is 1. The lowest BCUT2D eigenvalue weighted by Crippen LogP contribution is -2.41. The largest absolute Gasteiger partial charge is 0.328 e. The molecule has 4 heteroatoms. The molecule has 134 valence electrons. The Morgan fingerprint density at radius 2 is 1.38 bits per heavy atom. The number of hydrogen-bond donors (Lipinski definition) is 1. The van der Waals surface area contributed by atoms with Crippen molar-refractivity contribution in [2.45, 2.75) is 86.1 Å². The average molecular weight is 332 g/mol. The van der Waals surface area contributed by atoms with Crippen LogP contribution in [-0.4, -0.2) is 11.8 Å². The van der Waals surface area contributed by atoms with E-state index in [9.17, 15) is 4.79 Å². The smallest absolute Gasteiger partial charge is 0.135 e. The van der Waals surface area contributed by atoms with E-state index >= 15 is 0 Å². The van der Waals surface area contributed by atoms with Crippen LogP contribution in [0.5, 0.6) is 0 Å². The molecule has 0 aromatic heterocycles. The second kappa shape index (κ2) is 6.85. The molecule has 0 aromatic rings. The average Bonchev–Trinajstić information content (AvgIpc) is 2.33. The third kappa shape index (κ3) is 5.91. The van der Waals surface area contributed by atoms with E-state index < -0.39 is 5.41 Å². The molecule has 0 spiro atoms. The quantitative estimate of drug-likeness (QED) is 0.714. The Labute approximate surface area is 147 Å². The van der Waals surface area contributed by atoms with Gasteiger partial charge in [-0.05, 0) is 50.4 Å². The molecule has 24 heavy (non-hydrogen) atoms. The van der Waals surface area contributed by atoms with Gasteiger partial charge in [-0.3, -0.25) is 4.79 Å². The van der Waals surface area contributed by atoms with Gasteiger partial charge >= 0.3 is 0 Å². The molecule has 0 aliphatic heterocycles. The highest BCUT2D eigenvalue weighted by Gasteiger charge is 2.41. The fourth-order valence-corrected chi connectivity index (χ4v) is 4.94. The van der Waals surface area contributed by atoms with Crippen LogP contribution in [0.15, 0.2) is 0 Å². The van der Waals surface area contributed by atoms with E-state index in [-0.39, 0.29) is 28.1 Å². The summed E-state index contributed by atoms with van der Waals surface area (Å²) in [6, 6.07) is 4.84. The summed E-state index contributed by atoms with van der Waals surface area (Å²) in [5, 5.41) is 17.9. The van der Waals surface area contributed by atoms with Gasteiger partial charge in [-0.15, -0.1) is 0 Å². The Morgan fingerprint density at radius 3 is 1.79 bits per heavy atom. The standard InChI is InChI=1S/C10H18N2.C10H15NO/c2*1-9(2)4-8(12)5-10(3,6-9)7-11/h8H,4-6,12H2,1-3H3;4-6H2,1-3H3. The summed E-state index contributed by atoms with van der Waals surface area (Å²) < 4.78 is 0. The maximum absolute atomic E-state index is 11.3. The zero-order valence-corrected chi connectivity index (χ0v) is 16.2. The number of hydrogen-bond acceptors (Lipinski definition) is 4. The first-order valence-corrected chi connectivity index (χ1v) is 8.84. The topological polar surface area (TPSA) is 90.7 Å². The van der Waals surface area contributed by atoms with E-state index in [0.717, 1.165) is 25.7 Å². The highest BCUT2D eigenvalue weighted by atomic mass is 16.1. The van der Waals surface area contributed by atoms with E-state index in [2.05, 4.69) is 39.8 Å². The van der Waals surface area contributed by atoms with Crippen molar-refractivity contribution in [3.05, 3.63) is 0 Å². The monoisotopic (exact) mass is 331 g/mol. The molecule has 2 aliphatic carbocycles. The van der Waals surface area contributed by atoms with Crippen LogP contribution in [0.1, 0.15) is 80.1 Å². The minimum atomic E-state index is -0.418. The number of carbonyl (C=O) groups is 1. The van der Waals surface area contributed by atoms with Crippen molar-refractivity contribution >= 4 is 5.78 Å². The summed E-state index contributed by atoms with van der Waals surface area (Å²) in [6.45, 7) is 12.4. The third-order valence-corrected chi connectivity index (χ3v) is 5.07. The number of nitrogens with zero attached hydrogens (tertiary/aromatic N) is 2. The Kier molecular flexibility index (Phi) is 5.89. The fraction of sp³-hybridized carbons (Fsp3) is 0.850. The summed E-state index contributed by atoms with van der Waals surface area (Å²) in [5.41, 5.74) is 5.55. The molecule has 0 saturated heterocycles. The van der Waals surface area contributed by atoms with E-state index in [1.807, 2.05) is 13.8 Å². The summed E-state index contributed by atoms with van der Waals surface area (Å²) in [7, 11) is 0. The van der Waals surface area contributed by atoms with Crippen LogP contribution in [0.2, 0.25) is 0 Å². The summed E-state index contributed by atoms with van der Waals surface area (Å²) in [5.74, 6) is 0.232. The third-order valence-electron chi connectivity index (χ3n) is 5.07. The van der Waals surface area contributed by atoms with Gasteiger partial charge in [-0.1, -0.05) is 27.7 Å². The van der Waals surface area contributed by atoms with Crippen molar-refractivity contribution < 1.29 is 4.79 Å². The number of Topliss-reactive ketones (excluding diaryl/α,β-unsaturated/α-hetero) is 1. The Morgan fingerprint density at radius 1 is 0.875 bits per heavy atom. The van der Waals surface area contributed by atoms with Crippen LogP contribution in [0, 0.1) is 44.3 Å². The lowest BCUT2D eigenvalue weighted by atomic mass is 9.63. The molecular formula is C20H33N3O. The van der Waals surface area contributed by atoms with Crippen molar-refractivity contribution in [1.29, 1.82) is 10.5 Å². The molecule has 2 aliphatic rings. The lowest BCUT2D eigenvalue weighted by molar-refractivity contribution is -0.126. The molecule has 0 aromatic carbocycles. The zero-order valence-electron chi connectivity index (χ0n) is 16.2. The Bertz CT molecular complexity index is 566. The number of ketones is 1. The molecular weight excluding hydrogens is 298 g/mol. The van der Waals surface area contributed by atoms with Gasteiger partial charge in [0.2, 0.25) is 0 Å². The highest BCUT2D eigenvalue weighted by Crippen LogP contribution is 2.45. The second-order valence-electron chi connectivity index (χ2n) is 10.1. The van der Waals surface area contributed by atoms with Gasteiger partial charge in [-0.25, -0.2) is 0 Å². The summed E-state index contributed by atoms with van der Waals surface area (Å²) in [4.78, 5) is 11.3. The Balaban J connectivity index is 0.000000240. The SMILES string of the molecule is CC1(C)CC(=O)CC(C)(C#N)C1.CC1(C)CC(N)CC(C)(C#N)C1. The van der Waals surface area contributed by atoms with E-state index in [4.69, 9.17) is 16.3 Å². The van der Waals surface area contributed by atoms with Gasteiger partial charge in [0, 0.05) is 18.9 Å². The first kappa shape index (κ1) is 20.7. The van der Waals surface area contributed by atoms with Gasteiger partial charge in [0.15, 0.2) is 0 Å². The van der Waals surface area contributed by atoms with Crippen LogP contribution in [0.25, 0.3) is 0 Å². The van der Waals surface area contributed by atoms with Crippen molar-refractivity contribution in [2.24, 2.45) is 27.4 Å². The minimum Gasteiger partial charge on any atom is -0.328 e. The molecule has 4 nitrogen and oxygen atoms in total. The number of carbonyl (C=O) groups excluding carboxylic acids is 1. The van der Waals surface area contributed by atoms with Crippen LogP contribution in [-0.2, 0) is 4.79 Å². The first-order chi connectivity index (χ1) is 10.7. The van der Waals surface area contributed by atoms with Gasteiger partial charge in [0.05, 0.1) is 23.0 Å². The maximum atomic E-state index is 11.3. The summed E-state index contributed by atoms with van der Waals surface area (Å²) in [6.07, 6.45) is 4.78. The molecule has 0 heterocycles. The molecule has 3 atom stereocenters. The van der Waals surface area contributed by atoms with E-state index in [0.29, 0.717) is 12.8 Å². The van der Waals surface area contributed by atoms with Gasteiger partial charge in [0.1, 0.15) is 5.78 Å². The minimum absolute atomic E-state index is 0.0137. The van der Waals surface area contributed by atoms with Crippen molar-refractivity contribution in [2.75, 3.05) is 0 Å². The fourth-order valence-electron chi connectivity index (χ4n) is 4.94. The highest BCUT2D eigenvalue weighted by molar-refractivity contribution is 5.81. The van der Waals surface area contributed by atoms with Crippen LogP contribution < -0.4 is 5.73 Å². The molecule has 0 bridgehead atoms. The maximum Gasteiger partial charge on any atom is 0.135 e. The molecule has 2 saturated carbocycles. The van der Waals surface area contributed by atoms with Crippen molar-refractivity contribution in [3.63, 3.8) is 0 Å². The zero-order chi connectivity index (χ0) is 18.8. The normalized spacial score (nSPS) is 37.4. The lowest BCUT2D eigenvalue weighted by Gasteiger charge is -2.41. The number of nitriles is 2. The van der Waals surface area contributed by atoms with E-state index in [1.54, 1.807) is 0 Å². The van der Waals surface area contributed by atoms with Gasteiger partial charge in [-0.2, -0.15) is 10.5 Å². The first-order valence-electron chi connectivity index (χ1n) is 8.84. The molecule has 0 amide bonds. The predicted molar refractivity (Wildman–Crippen MR) is 95.7 cm³/mol. The van der Waals surface area contributed by atoms with Gasteiger partial charge < -0.3 is 5.73 Å². The van der Waals surface area contributed by atoms with Crippen molar-refractivity contribution in [1.82, 2.24) is 0 Å². The van der Waals surface area contributed by atoms with Crippen LogP contribution in [0.4, 0.5) is 0 Å². The molecule has 0 radical (unpaired) electrons. The summed E-state index contributed by atoms with van der Waals surface area (Å²) >= 11 is 0. The van der Waals surface area contributed by atoms with E-state index in [1.165, 1.54) is 0 Å². The number of rotatable bonds is 0. The second-order valence-corrected chi connectivity index (χ2v) is 10.1. The Hall–Kier alpha value is -1.39. The molecule has 2 N–H and O–H groups in total. The molecule has 2 fully saturated rings.